The summed E-state index contributed by atoms with van der Waals surface area (Å²) in [7, 11) is 0. The Kier molecular flexibility index (Phi) is 4.45. The van der Waals surface area contributed by atoms with Gasteiger partial charge in [-0.3, -0.25) is 14.7 Å². The first-order chi connectivity index (χ1) is 13.2. The summed E-state index contributed by atoms with van der Waals surface area (Å²) < 4.78 is 39.9. The summed E-state index contributed by atoms with van der Waals surface area (Å²) in [6.07, 6.45) is -1.46. The normalized spacial score (nSPS) is 27.3. The minimum Gasteiger partial charge on any atom is -0.369 e. The topological polar surface area (TPSA) is 59.2 Å². The zero-order valence-corrected chi connectivity index (χ0v) is 15.5. The number of primary amides is 1. The quantitative estimate of drug-likeness (QED) is 0.869. The van der Waals surface area contributed by atoms with Gasteiger partial charge >= 0.3 is 6.18 Å². The Morgan fingerprint density at radius 1 is 1.32 bits per heavy atom. The number of hydrogen-bond acceptors (Lipinski definition) is 3. The molecule has 148 valence electrons. The molecule has 0 radical (unpaired) electrons. The lowest BCUT2D eigenvalue weighted by Gasteiger charge is -2.41. The lowest BCUT2D eigenvalue weighted by Crippen LogP contribution is -2.50. The average molecular weight is 389 g/mol. The maximum absolute atomic E-state index is 13.3. The Hall–Kier alpha value is -2.41. The van der Waals surface area contributed by atoms with Gasteiger partial charge in [0.2, 0.25) is 5.91 Å². The van der Waals surface area contributed by atoms with Crippen LogP contribution in [0.1, 0.15) is 24.0 Å². The van der Waals surface area contributed by atoms with Crippen LogP contribution in [0.5, 0.6) is 0 Å². The second-order valence-corrected chi connectivity index (χ2v) is 7.84. The van der Waals surface area contributed by atoms with Crippen LogP contribution < -0.4 is 5.73 Å². The van der Waals surface area contributed by atoms with E-state index in [2.05, 4.69) is 4.98 Å². The van der Waals surface area contributed by atoms with Gasteiger partial charge in [-0.15, -0.1) is 0 Å². The number of nitrogens with two attached hydrogens (primary N) is 1. The highest BCUT2D eigenvalue weighted by molar-refractivity contribution is 5.80. The molecular formula is C21H22F3N3O. The highest BCUT2D eigenvalue weighted by atomic mass is 19.4. The van der Waals surface area contributed by atoms with Gasteiger partial charge in [-0.2, -0.15) is 13.2 Å². The van der Waals surface area contributed by atoms with Gasteiger partial charge in [0.05, 0.1) is 23.7 Å². The Bertz CT molecular complexity index is 900. The van der Waals surface area contributed by atoms with Crippen LogP contribution in [0, 0.1) is 18.8 Å². The molecule has 4 nitrogen and oxygen atoms in total. The van der Waals surface area contributed by atoms with E-state index in [1.807, 2.05) is 43.3 Å². The van der Waals surface area contributed by atoms with Crippen LogP contribution in [-0.2, 0) is 10.3 Å². The van der Waals surface area contributed by atoms with Crippen LogP contribution in [0.3, 0.4) is 0 Å². The first-order valence-corrected chi connectivity index (χ1v) is 9.36. The maximum atomic E-state index is 13.3. The summed E-state index contributed by atoms with van der Waals surface area (Å²) in [6.45, 7) is 1.14. The number of benzene rings is 1. The van der Waals surface area contributed by atoms with E-state index in [1.165, 1.54) is 4.90 Å². The molecule has 1 aliphatic heterocycles. The fourth-order valence-electron chi connectivity index (χ4n) is 5.20. The Balaban J connectivity index is 1.85. The van der Waals surface area contributed by atoms with Gasteiger partial charge < -0.3 is 5.73 Å². The molecule has 2 fully saturated rings. The molecule has 1 aromatic carbocycles. The van der Waals surface area contributed by atoms with Crippen LogP contribution in [0.25, 0.3) is 11.3 Å². The fourth-order valence-corrected chi connectivity index (χ4v) is 5.20. The number of nitrogens with zero attached hydrogens (tertiary/aromatic N) is 2. The van der Waals surface area contributed by atoms with Crippen LogP contribution in [-0.4, -0.2) is 35.1 Å². The highest BCUT2D eigenvalue weighted by Gasteiger charge is 2.62. The summed E-state index contributed by atoms with van der Waals surface area (Å²) >= 11 is 0. The number of carbonyl (C=O) groups is 1. The van der Waals surface area contributed by atoms with Crippen molar-refractivity contribution in [2.24, 2.45) is 17.6 Å². The predicted molar refractivity (Wildman–Crippen MR) is 99.1 cm³/mol. The number of amides is 1. The number of hydrogen-bond donors (Lipinski definition) is 1. The molecule has 3 atom stereocenters. The standard InChI is InChI=1S/C21H22F3N3O/c1-13-5-6-15(10-16(13)17-4-2-3-9-26-17)20-8-7-14(18(20)19(25)28)11-27(20)12-21(22,23)24/h2-6,9-10,14,18H,7-8,11-12H2,1H3,(H2,25,28). The third-order valence-electron chi connectivity index (χ3n) is 6.26. The molecular weight excluding hydrogens is 367 g/mol. The van der Waals surface area contributed by atoms with Crippen LogP contribution in [0.2, 0.25) is 0 Å². The molecule has 1 saturated heterocycles. The van der Waals surface area contributed by atoms with Crippen molar-refractivity contribution in [3.63, 3.8) is 0 Å². The molecule has 7 heteroatoms. The molecule has 1 aliphatic carbocycles. The Morgan fingerprint density at radius 2 is 2.11 bits per heavy atom. The van der Waals surface area contributed by atoms with E-state index < -0.39 is 30.1 Å². The molecule has 2 aromatic rings. The number of alkyl halides is 3. The lowest BCUT2D eigenvalue weighted by atomic mass is 9.78. The van der Waals surface area contributed by atoms with E-state index in [4.69, 9.17) is 5.73 Å². The zero-order valence-electron chi connectivity index (χ0n) is 15.5. The van der Waals surface area contributed by atoms with E-state index in [-0.39, 0.29) is 12.5 Å². The maximum Gasteiger partial charge on any atom is 0.401 e. The summed E-state index contributed by atoms with van der Waals surface area (Å²) in [5.41, 5.74) is 7.98. The minimum atomic E-state index is -4.34. The van der Waals surface area contributed by atoms with Crippen LogP contribution >= 0.6 is 0 Å². The van der Waals surface area contributed by atoms with Crippen LogP contribution in [0.15, 0.2) is 42.6 Å². The van der Waals surface area contributed by atoms with Crippen molar-refractivity contribution in [1.82, 2.24) is 9.88 Å². The smallest absolute Gasteiger partial charge is 0.369 e. The monoisotopic (exact) mass is 389 g/mol. The fraction of sp³-hybridized carbons (Fsp3) is 0.429. The number of halogens is 3. The number of fused-ring (bicyclic) bond motifs is 2. The molecule has 2 heterocycles. The summed E-state index contributed by atoms with van der Waals surface area (Å²) in [5.74, 6) is -1.28. The van der Waals surface area contributed by atoms with Crippen molar-refractivity contribution in [1.29, 1.82) is 0 Å². The van der Waals surface area contributed by atoms with Gasteiger partial charge in [-0.05, 0) is 55.0 Å². The average Bonchev–Trinajstić information content (AvgIpc) is 3.15. The van der Waals surface area contributed by atoms with Crippen molar-refractivity contribution in [3.05, 3.63) is 53.7 Å². The van der Waals surface area contributed by atoms with Gasteiger partial charge in [0, 0.05) is 18.3 Å². The number of pyridine rings is 1. The molecule has 4 rings (SSSR count). The summed E-state index contributed by atoms with van der Waals surface area (Å²) in [4.78, 5) is 18.1. The number of likely N-dealkylation sites (tertiary alicyclic amines) is 1. The largest absolute Gasteiger partial charge is 0.401 e. The zero-order chi connectivity index (χ0) is 20.1. The number of carbonyl (C=O) groups excluding carboxylic acids is 1. The molecule has 1 saturated carbocycles. The van der Waals surface area contributed by atoms with Gasteiger partial charge in [0.25, 0.3) is 0 Å². The number of rotatable bonds is 4. The van der Waals surface area contributed by atoms with Gasteiger partial charge in [-0.25, -0.2) is 0 Å². The second kappa shape index (κ2) is 6.58. The summed E-state index contributed by atoms with van der Waals surface area (Å²) in [6, 6.07) is 11.2. The van der Waals surface area contributed by atoms with Crippen molar-refractivity contribution < 1.29 is 18.0 Å². The SMILES string of the molecule is Cc1ccc(C23CCC(CN2CC(F)(F)F)C3C(N)=O)cc1-c1ccccn1. The van der Waals surface area contributed by atoms with Gasteiger partial charge in [0.1, 0.15) is 0 Å². The highest BCUT2D eigenvalue weighted by Crippen LogP contribution is 2.57. The third kappa shape index (κ3) is 2.98. The second-order valence-electron chi connectivity index (χ2n) is 7.84. The minimum absolute atomic E-state index is 0.139. The molecule has 1 aromatic heterocycles. The molecule has 28 heavy (non-hydrogen) atoms. The third-order valence-corrected chi connectivity index (χ3v) is 6.26. The lowest BCUT2D eigenvalue weighted by molar-refractivity contribution is -0.160. The van der Waals surface area contributed by atoms with E-state index in [0.29, 0.717) is 18.4 Å². The van der Waals surface area contributed by atoms with E-state index >= 15 is 0 Å². The van der Waals surface area contributed by atoms with E-state index in [1.54, 1.807) is 6.20 Å². The van der Waals surface area contributed by atoms with Gasteiger partial charge in [0.15, 0.2) is 0 Å². The molecule has 1 amide bonds. The van der Waals surface area contributed by atoms with Crippen molar-refractivity contribution in [3.8, 4) is 11.3 Å². The van der Waals surface area contributed by atoms with Gasteiger partial charge in [-0.1, -0.05) is 18.2 Å². The number of aryl methyl sites for hydroxylation is 1. The van der Waals surface area contributed by atoms with Crippen molar-refractivity contribution in [2.45, 2.75) is 31.5 Å². The van der Waals surface area contributed by atoms with Crippen molar-refractivity contribution in [2.75, 3.05) is 13.1 Å². The Labute approximate surface area is 161 Å². The molecule has 3 unspecified atom stereocenters. The van der Waals surface area contributed by atoms with E-state index in [0.717, 1.165) is 16.8 Å². The van der Waals surface area contributed by atoms with Crippen molar-refractivity contribution >= 4 is 5.91 Å². The molecule has 2 bridgehead atoms. The number of aromatic nitrogens is 1. The first kappa shape index (κ1) is 18.9. The molecule has 0 spiro atoms. The van der Waals surface area contributed by atoms with Crippen LogP contribution in [0.4, 0.5) is 13.2 Å². The Morgan fingerprint density at radius 3 is 2.75 bits per heavy atom. The number of piperidine rings is 1. The predicted octanol–water partition coefficient (Wildman–Crippen LogP) is 3.64. The first-order valence-electron chi connectivity index (χ1n) is 9.36. The molecule has 2 aliphatic rings. The summed E-state index contributed by atoms with van der Waals surface area (Å²) in [5, 5.41) is 0. The van der Waals surface area contributed by atoms with E-state index in [9.17, 15) is 18.0 Å². The molecule has 2 N–H and O–H groups in total.